The fourth-order valence-electron chi connectivity index (χ4n) is 2.16. The smallest absolute Gasteiger partial charge is 0.129 e. The second kappa shape index (κ2) is 6.68. The zero-order valence-corrected chi connectivity index (χ0v) is 12.9. The van der Waals surface area contributed by atoms with Gasteiger partial charge in [0, 0.05) is 27.5 Å². The molecular weight excluding hydrogens is 345 g/mol. The molecular formula is C15H14BrClFNO. The van der Waals surface area contributed by atoms with E-state index in [0.717, 1.165) is 0 Å². The molecule has 0 bridgehead atoms. The molecule has 20 heavy (non-hydrogen) atoms. The molecule has 0 aromatic heterocycles. The van der Waals surface area contributed by atoms with Crippen molar-refractivity contribution in [2.24, 2.45) is 5.73 Å². The van der Waals surface area contributed by atoms with Crippen LogP contribution in [0.5, 0.6) is 0 Å². The number of hydrogen-bond acceptors (Lipinski definition) is 2. The molecule has 5 heteroatoms. The first-order chi connectivity index (χ1) is 9.54. The van der Waals surface area contributed by atoms with E-state index in [1.54, 1.807) is 30.3 Å². The van der Waals surface area contributed by atoms with Gasteiger partial charge in [-0.2, -0.15) is 0 Å². The van der Waals surface area contributed by atoms with Crippen molar-refractivity contribution in [3.8, 4) is 0 Å². The molecule has 3 N–H and O–H groups in total. The van der Waals surface area contributed by atoms with E-state index in [2.05, 4.69) is 15.9 Å². The molecule has 0 aliphatic heterocycles. The average molecular weight is 359 g/mol. The van der Waals surface area contributed by atoms with E-state index < -0.39 is 17.8 Å². The number of nitrogens with two attached hydrogens (primary N) is 1. The van der Waals surface area contributed by atoms with Crippen molar-refractivity contribution < 1.29 is 9.50 Å². The molecule has 0 aliphatic rings. The van der Waals surface area contributed by atoms with Crippen LogP contribution in [0.4, 0.5) is 4.39 Å². The monoisotopic (exact) mass is 357 g/mol. The fourth-order valence-corrected chi connectivity index (χ4v) is 2.81. The Labute approximate surface area is 130 Å². The van der Waals surface area contributed by atoms with Crippen molar-refractivity contribution in [2.45, 2.75) is 12.0 Å². The van der Waals surface area contributed by atoms with E-state index >= 15 is 0 Å². The number of aliphatic hydroxyl groups excluding tert-OH is 1. The molecule has 0 heterocycles. The first kappa shape index (κ1) is 15.4. The van der Waals surface area contributed by atoms with Crippen LogP contribution in [0, 0.1) is 5.82 Å². The van der Waals surface area contributed by atoms with E-state index in [0.29, 0.717) is 15.1 Å². The SMILES string of the molecule is NCC(c1ccccc1Cl)C(O)c1cc(Br)ccc1F. The molecule has 106 valence electrons. The summed E-state index contributed by atoms with van der Waals surface area (Å²) in [6, 6.07) is 11.6. The highest BCUT2D eigenvalue weighted by atomic mass is 79.9. The van der Waals surface area contributed by atoms with Gasteiger partial charge in [-0.05, 0) is 29.8 Å². The molecule has 2 nitrogen and oxygen atoms in total. The Hall–Kier alpha value is -0.940. The summed E-state index contributed by atoms with van der Waals surface area (Å²) in [6.45, 7) is 0.164. The van der Waals surface area contributed by atoms with E-state index in [1.165, 1.54) is 6.07 Å². The van der Waals surface area contributed by atoms with Gasteiger partial charge in [-0.3, -0.25) is 0 Å². The normalized spacial score (nSPS) is 14.1. The maximum atomic E-state index is 13.9. The first-order valence-electron chi connectivity index (χ1n) is 6.12. The van der Waals surface area contributed by atoms with Gasteiger partial charge in [-0.25, -0.2) is 4.39 Å². The molecule has 2 atom stereocenters. The lowest BCUT2D eigenvalue weighted by Gasteiger charge is -2.23. The van der Waals surface area contributed by atoms with Crippen LogP contribution in [0.1, 0.15) is 23.1 Å². The standard InChI is InChI=1S/C15H14BrClFNO/c16-9-5-6-14(18)11(7-9)15(20)12(8-19)10-3-1-2-4-13(10)17/h1-7,12,15,20H,8,19H2. The summed E-state index contributed by atoms with van der Waals surface area (Å²) in [6.07, 6.45) is -1.06. The van der Waals surface area contributed by atoms with Crippen molar-refractivity contribution in [1.82, 2.24) is 0 Å². The van der Waals surface area contributed by atoms with Crippen LogP contribution in [0.2, 0.25) is 5.02 Å². The largest absolute Gasteiger partial charge is 0.388 e. The number of hydrogen-bond donors (Lipinski definition) is 2. The summed E-state index contributed by atoms with van der Waals surface area (Å²) in [5, 5.41) is 11.0. The van der Waals surface area contributed by atoms with Crippen LogP contribution in [-0.4, -0.2) is 11.7 Å². The van der Waals surface area contributed by atoms with Crippen LogP contribution < -0.4 is 5.73 Å². The molecule has 0 saturated carbocycles. The van der Waals surface area contributed by atoms with Crippen molar-refractivity contribution in [2.75, 3.05) is 6.54 Å². The Bertz CT molecular complexity index is 608. The van der Waals surface area contributed by atoms with Gasteiger partial charge in [0.2, 0.25) is 0 Å². The highest BCUT2D eigenvalue weighted by molar-refractivity contribution is 9.10. The molecule has 0 fully saturated rings. The van der Waals surface area contributed by atoms with Crippen LogP contribution in [-0.2, 0) is 0 Å². The molecule has 2 unspecified atom stereocenters. The first-order valence-corrected chi connectivity index (χ1v) is 7.29. The summed E-state index contributed by atoms with van der Waals surface area (Å²) in [5.74, 6) is -0.932. The van der Waals surface area contributed by atoms with Gasteiger partial charge in [0.1, 0.15) is 5.82 Å². The van der Waals surface area contributed by atoms with E-state index in [9.17, 15) is 9.50 Å². The number of benzene rings is 2. The lowest BCUT2D eigenvalue weighted by atomic mass is 9.89. The van der Waals surface area contributed by atoms with E-state index in [1.807, 2.05) is 6.07 Å². The molecule has 2 rings (SSSR count). The highest BCUT2D eigenvalue weighted by Crippen LogP contribution is 2.35. The third kappa shape index (κ3) is 3.20. The predicted molar refractivity (Wildman–Crippen MR) is 82.3 cm³/mol. The van der Waals surface area contributed by atoms with Gasteiger partial charge in [-0.15, -0.1) is 0 Å². The predicted octanol–water partition coefficient (Wildman–Crippen LogP) is 4.02. The Balaban J connectivity index is 2.41. The van der Waals surface area contributed by atoms with Crippen molar-refractivity contribution in [3.63, 3.8) is 0 Å². The van der Waals surface area contributed by atoms with Crippen LogP contribution in [0.3, 0.4) is 0 Å². The minimum atomic E-state index is -1.06. The Morgan fingerprint density at radius 3 is 2.55 bits per heavy atom. The summed E-state index contributed by atoms with van der Waals surface area (Å²) < 4.78 is 14.6. The second-order valence-electron chi connectivity index (χ2n) is 4.47. The Morgan fingerprint density at radius 1 is 1.20 bits per heavy atom. The lowest BCUT2D eigenvalue weighted by molar-refractivity contribution is 0.143. The lowest BCUT2D eigenvalue weighted by Crippen LogP contribution is -2.21. The molecule has 0 amide bonds. The number of rotatable bonds is 4. The van der Waals surface area contributed by atoms with Gasteiger partial charge in [0.25, 0.3) is 0 Å². The molecule has 0 spiro atoms. The molecule has 0 saturated heterocycles. The van der Waals surface area contributed by atoms with Gasteiger partial charge >= 0.3 is 0 Å². The quantitative estimate of drug-likeness (QED) is 0.867. The maximum absolute atomic E-state index is 13.9. The summed E-state index contributed by atoms with van der Waals surface area (Å²) in [4.78, 5) is 0. The molecule has 0 radical (unpaired) electrons. The third-order valence-corrected chi connectivity index (χ3v) is 4.05. The third-order valence-electron chi connectivity index (χ3n) is 3.22. The molecule has 0 aliphatic carbocycles. The summed E-state index contributed by atoms with van der Waals surface area (Å²) in [7, 11) is 0. The van der Waals surface area contributed by atoms with Crippen LogP contribution in [0.25, 0.3) is 0 Å². The number of aliphatic hydroxyl groups is 1. The van der Waals surface area contributed by atoms with Crippen LogP contribution in [0.15, 0.2) is 46.9 Å². The van der Waals surface area contributed by atoms with Gasteiger partial charge in [0.15, 0.2) is 0 Å². The number of halogens is 3. The zero-order valence-electron chi connectivity index (χ0n) is 10.6. The van der Waals surface area contributed by atoms with Crippen LogP contribution >= 0.6 is 27.5 Å². The fraction of sp³-hybridized carbons (Fsp3) is 0.200. The zero-order chi connectivity index (χ0) is 14.7. The second-order valence-corrected chi connectivity index (χ2v) is 5.80. The Morgan fingerprint density at radius 2 is 1.90 bits per heavy atom. The van der Waals surface area contributed by atoms with E-state index in [4.69, 9.17) is 17.3 Å². The topological polar surface area (TPSA) is 46.2 Å². The average Bonchev–Trinajstić information content (AvgIpc) is 2.44. The minimum absolute atomic E-state index is 0.164. The summed E-state index contributed by atoms with van der Waals surface area (Å²) in [5.41, 5.74) is 6.66. The van der Waals surface area contributed by atoms with Gasteiger partial charge in [0.05, 0.1) is 6.10 Å². The van der Waals surface area contributed by atoms with Crippen molar-refractivity contribution >= 4 is 27.5 Å². The molecule has 2 aromatic carbocycles. The van der Waals surface area contributed by atoms with Gasteiger partial charge in [-0.1, -0.05) is 45.7 Å². The van der Waals surface area contributed by atoms with Gasteiger partial charge < -0.3 is 10.8 Å². The van der Waals surface area contributed by atoms with E-state index in [-0.39, 0.29) is 12.1 Å². The Kier molecular flexibility index (Phi) is 5.16. The molecule has 2 aromatic rings. The highest BCUT2D eigenvalue weighted by Gasteiger charge is 2.25. The maximum Gasteiger partial charge on any atom is 0.129 e. The summed E-state index contributed by atoms with van der Waals surface area (Å²) >= 11 is 9.40. The minimum Gasteiger partial charge on any atom is -0.388 e. The van der Waals surface area contributed by atoms with Crippen molar-refractivity contribution in [1.29, 1.82) is 0 Å². The van der Waals surface area contributed by atoms with Crippen molar-refractivity contribution in [3.05, 3.63) is 68.9 Å².